The third-order valence-electron chi connectivity index (χ3n) is 6.33. The average Bonchev–Trinajstić information content (AvgIpc) is 3.63. The molecule has 3 aromatic carbocycles. The van der Waals surface area contributed by atoms with Gasteiger partial charge in [0.25, 0.3) is 5.56 Å². The van der Waals surface area contributed by atoms with E-state index in [0.29, 0.717) is 37.5 Å². The topological polar surface area (TPSA) is 74.3 Å². The van der Waals surface area contributed by atoms with Gasteiger partial charge in [-0.05, 0) is 73.5 Å². The van der Waals surface area contributed by atoms with Crippen LogP contribution in [-0.2, 0) is 0 Å². The minimum absolute atomic E-state index is 0.262. The second-order valence-electron chi connectivity index (χ2n) is 9.21. The maximum absolute atomic E-state index is 13.4. The molecule has 0 saturated heterocycles. The van der Waals surface area contributed by atoms with Crippen LogP contribution in [0.5, 0.6) is 5.75 Å². The zero-order chi connectivity index (χ0) is 27.8. The van der Waals surface area contributed by atoms with Gasteiger partial charge in [-0.15, -0.1) is 5.10 Å². The van der Waals surface area contributed by atoms with Crippen LogP contribution in [0.15, 0.2) is 77.7 Å². The molecule has 0 aliphatic carbocycles. The smallest absolute Gasteiger partial charge is 0.291 e. The summed E-state index contributed by atoms with van der Waals surface area (Å²) in [7, 11) is 0. The summed E-state index contributed by atoms with van der Waals surface area (Å²) in [5, 5.41) is 10.3. The highest BCUT2D eigenvalue weighted by atomic mass is 35.5. The monoisotopic (exact) mass is 587 g/mol. The van der Waals surface area contributed by atoms with Crippen LogP contribution in [0.3, 0.4) is 0 Å². The van der Waals surface area contributed by atoms with Crippen LogP contribution in [0.1, 0.15) is 24.5 Å². The predicted octanol–water partition coefficient (Wildman–Crippen LogP) is 6.62. The van der Waals surface area contributed by atoms with E-state index >= 15 is 0 Å². The Morgan fingerprint density at radius 3 is 2.52 bits per heavy atom. The van der Waals surface area contributed by atoms with Crippen LogP contribution in [-0.4, -0.2) is 31.0 Å². The first-order valence-electron chi connectivity index (χ1n) is 12.7. The lowest BCUT2D eigenvalue weighted by atomic mass is 10.0. The number of benzene rings is 3. The van der Waals surface area contributed by atoms with Crippen molar-refractivity contribution in [1.82, 2.24) is 24.4 Å². The van der Waals surface area contributed by atoms with Gasteiger partial charge in [-0.1, -0.05) is 59.7 Å². The van der Waals surface area contributed by atoms with Crippen LogP contribution in [0, 0.1) is 6.92 Å². The number of aryl methyl sites for hydroxylation is 1. The van der Waals surface area contributed by atoms with Crippen molar-refractivity contribution in [3.63, 3.8) is 0 Å². The first-order valence-corrected chi connectivity index (χ1v) is 14.2. The molecule has 0 saturated carbocycles. The molecule has 0 unspecified atom stereocenters. The molecule has 0 aliphatic rings. The molecule has 200 valence electrons. The molecule has 0 aliphatic heterocycles. The molecule has 0 fully saturated rings. The fourth-order valence-electron chi connectivity index (χ4n) is 4.39. The summed E-state index contributed by atoms with van der Waals surface area (Å²) in [4.78, 5) is 18.4. The first kappa shape index (κ1) is 26.3. The molecule has 6 rings (SSSR count). The van der Waals surface area contributed by atoms with Gasteiger partial charge in [0.15, 0.2) is 5.82 Å². The van der Waals surface area contributed by atoms with Crippen LogP contribution in [0.25, 0.3) is 39.4 Å². The summed E-state index contributed by atoms with van der Waals surface area (Å²) < 4.78 is 9.45. The SMILES string of the molecule is CCCOc1ccc(-c2nn(-c3ccccc3)cc2C=c2sc3nc(-c4ccc(Cl)cc4Cl)nn3c2=O)c(C)c1. The summed E-state index contributed by atoms with van der Waals surface area (Å²) in [6.45, 7) is 4.77. The molecule has 40 heavy (non-hydrogen) atoms. The number of fused-ring (bicyclic) bond motifs is 1. The Kier molecular flexibility index (Phi) is 7.14. The molecule has 3 heterocycles. The van der Waals surface area contributed by atoms with E-state index in [1.807, 2.05) is 72.4 Å². The normalized spacial score (nSPS) is 11.9. The molecule has 10 heteroatoms. The van der Waals surface area contributed by atoms with Gasteiger partial charge in [-0.2, -0.15) is 14.6 Å². The zero-order valence-corrected chi connectivity index (χ0v) is 24.0. The number of rotatable bonds is 7. The molecule has 7 nitrogen and oxygen atoms in total. The highest BCUT2D eigenvalue weighted by Crippen LogP contribution is 2.31. The number of halogens is 2. The van der Waals surface area contributed by atoms with Gasteiger partial charge in [-0.3, -0.25) is 4.79 Å². The minimum Gasteiger partial charge on any atom is -0.494 e. The van der Waals surface area contributed by atoms with E-state index in [4.69, 9.17) is 33.0 Å². The van der Waals surface area contributed by atoms with Crippen LogP contribution in [0.2, 0.25) is 10.0 Å². The predicted molar refractivity (Wildman–Crippen MR) is 161 cm³/mol. The Hall–Kier alpha value is -3.98. The minimum atomic E-state index is -0.262. The largest absolute Gasteiger partial charge is 0.494 e. The summed E-state index contributed by atoms with van der Waals surface area (Å²) in [5.74, 6) is 1.19. The Balaban J connectivity index is 1.46. The number of para-hydroxylation sites is 1. The Labute approximate surface area is 243 Å². The Morgan fingerprint density at radius 2 is 1.80 bits per heavy atom. The molecule has 0 radical (unpaired) electrons. The highest BCUT2D eigenvalue weighted by molar-refractivity contribution is 7.15. The second kappa shape index (κ2) is 10.9. The molecular formula is C30H23Cl2N5O2S. The molecular weight excluding hydrogens is 565 g/mol. The molecule has 6 aromatic rings. The van der Waals surface area contributed by atoms with Crippen molar-refractivity contribution in [3.05, 3.63) is 109 Å². The molecule has 0 N–H and O–H groups in total. The maximum Gasteiger partial charge on any atom is 0.291 e. The lowest BCUT2D eigenvalue weighted by molar-refractivity contribution is 0.317. The molecule has 0 spiro atoms. The van der Waals surface area contributed by atoms with Crippen LogP contribution < -0.4 is 14.8 Å². The number of thiazole rings is 1. The lowest BCUT2D eigenvalue weighted by Crippen LogP contribution is -2.23. The highest BCUT2D eigenvalue weighted by Gasteiger charge is 2.17. The van der Waals surface area contributed by atoms with Crippen molar-refractivity contribution in [3.8, 4) is 34.1 Å². The summed E-state index contributed by atoms with van der Waals surface area (Å²) in [5.41, 5.74) is 4.81. The zero-order valence-electron chi connectivity index (χ0n) is 21.6. The molecule has 0 bridgehead atoms. The maximum atomic E-state index is 13.4. The van der Waals surface area contributed by atoms with Gasteiger partial charge >= 0.3 is 0 Å². The molecule has 0 atom stereocenters. The van der Waals surface area contributed by atoms with Crippen molar-refractivity contribution >= 4 is 45.6 Å². The first-order chi connectivity index (χ1) is 19.4. The van der Waals surface area contributed by atoms with Crippen LogP contribution in [0.4, 0.5) is 0 Å². The fourth-order valence-corrected chi connectivity index (χ4v) is 5.78. The molecule has 3 aromatic heterocycles. The third-order valence-corrected chi connectivity index (χ3v) is 7.84. The summed E-state index contributed by atoms with van der Waals surface area (Å²) in [6.07, 6.45) is 4.72. The van der Waals surface area contributed by atoms with E-state index in [1.54, 1.807) is 18.2 Å². The summed E-state index contributed by atoms with van der Waals surface area (Å²) in [6, 6.07) is 20.9. The van der Waals surface area contributed by atoms with Gasteiger partial charge < -0.3 is 4.74 Å². The number of hydrogen-bond acceptors (Lipinski definition) is 6. The quantitative estimate of drug-likeness (QED) is 0.210. The number of nitrogens with zero attached hydrogens (tertiary/aromatic N) is 5. The van der Waals surface area contributed by atoms with E-state index in [2.05, 4.69) is 17.0 Å². The van der Waals surface area contributed by atoms with E-state index in [0.717, 1.165) is 40.2 Å². The number of aromatic nitrogens is 5. The van der Waals surface area contributed by atoms with Crippen molar-refractivity contribution < 1.29 is 4.74 Å². The van der Waals surface area contributed by atoms with Gasteiger partial charge in [-0.25, -0.2) is 4.68 Å². The van der Waals surface area contributed by atoms with Crippen molar-refractivity contribution in [1.29, 1.82) is 0 Å². The summed E-state index contributed by atoms with van der Waals surface area (Å²) >= 11 is 13.6. The molecule has 0 amide bonds. The Morgan fingerprint density at radius 1 is 1.00 bits per heavy atom. The van der Waals surface area contributed by atoms with Crippen molar-refractivity contribution in [2.24, 2.45) is 0 Å². The fraction of sp³-hybridized carbons (Fsp3) is 0.133. The van der Waals surface area contributed by atoms with Gasteiger partial charge in [0, 0.05) is 27.9 Å². The van der Waals surface area contributed by atoms with E-state index in [-0.39, 0.29) is 5.56 Å². The van der Waals surface area contributed by atoms with Crippen molar-refractivity contribution in [2.45, 2.75) is 20.3 Å². The number of ether oxygens (including phenoxy) is 1. The van der Waals surface area contributed by atoms with Gasteiger partial charge in [0.2, 0.25) is 4.96 Å². The van der Waals surface area contributed by atoms with Gasteiger partial charge in [0.05, 0.1) is 21.8 Å². The van der Waals surface area contributed by atoms with E-state index < -0.39 is 0 Å². The van der Waals surface area contributed by atoms with Gasteiger partial charge in [0.1, 0.15) is 11.4 Å². The average molecular weight is 589 g/mol. The Bertz CT molecular complexity index is 1960. The van der Waals surface area contributed by atoms with E-state index in [1.165, 1.54) is 15.9 Å². The third kappa shape index (κ3) is 5.01. The second-order valence-corrected chi connectivity index (χ2v) is 11.1. The number of hydrogen-bond donors (Lipinski definition) is 0. The lowest BCUT2D eigenvalue weighted by Gasteiger charge is -2.09. The van der Waals surface area contributed by atoms with Crippen LogP contribution >= 0.6 is 34.5 Å². The van der Waals surface area contributed by atoms with E-state index in [9.17, 15) is 4.79 Å². The van der Waals surface area contributed by atoms with Crippen molar-refractivity contribution in [2.75, 3.05) is 6.61 Å². The standard InChI is InChI=1S/C30H23Cl2N5O2S/c1-3-13-39-22-10-12-23(18(2)14-22)27-19(17-36(34-27)21-7-5-4-6-8-21)15-26-29(38)37-30(40-26)33-28(35-37)24-11-9-20(31)16-25(24)32/h4-12,14-17H,3,13H2,1-2H3.